The van der Waals surface area contributed by atoms with Crippen molar-refractivity contribution >= 4 is 22.8 Å². The molecule has 2 N–H and O–H groups in total. The van der Waals surface area contributed by atoms with Crippen LogP contribution in [-0.4, -0.2) is 40.8 Å². The minimum Gasteiger partial charge on any atom is -0.369 e. The first-order valence-corrected chi connectivity index (χ1v) is 10.6. The normalized spacial score (nSPS) is 11.6. The molecule has 0 atom stereocenters. The highest BCUT2D eigenvalue weighted by atomic mass is 32.1. The van der Waals surface area contributed by atoms with Crippen LogP contribution in [0.25, 0.3) is 16.2 Å². The van der Waals surface area contributed by atoms with Gasteiger partial charge in [-0.2, -0.15) is 9.61 Å². The Bertz CT molecular complexity index is 834. The lowest BCUT2D eigenvalue weighted by molar-refractivity contribution is -0.896. The number of anilines is 1. The molecule has 0 radical (unpaired) electrons. The van der Waals surface area contributed by atoms with E-state index in [1.165, 1.54) is 30.1 Å². The van der Waals surface area contributed by atoms with Gasteiger partial charge in [-0.25, -0.2) is 4.98 Å². The molecule has 0 aliphatic rings. The molecule has 0 fully saturated rings. The molecule has 3 heterocycles. The molecule has 3 aromatic rings. The zero-order chi connectivity index (χ0) is 18.5. The Balaban J connectivity index is 1.86. The molecule has 0 unspecified atom stereocenters. The van der Waals surface area contributed by atoms with Crippen LogP contribution in [0, 0.1) is 6.92 Å². The van der Waals surface area contributed by atoms with Gasteiger partial charge in [-0.1, -0.05) is 13.0 Å². The largest absolute Gasteiger partial charge is 0.369 e. The number of aromatic nitrogens is 3. The van der Waals surface area contributed by atoms with Gasteiger partial charge in [0.1, 0.15) is 11.5 Å². The number of nitrogens with one attached hydrogen (secondary N) is 2. The summed E-state index contributed by atoms with van der Waals surface area (Å²) in [4.78, 5) is 7.61. The van der Waals surface area contributed by atoms with Gasteiger partial charge in [-0.05, 0) is 38.6 Å². The van der Waals surface area contributed by atoms with E-state index in [2.05, 4.69) is 56.6 Å². The van der Waals surface area contributed by atoms with Crippen molar-refractivity contribution in [3.8, 4) is 10.6 Å². The van der Waals surface area contributed by atoms with Crippen LogP contribution in [0.15, 0.2) is 23.6 Å². The molecule has 5 nitrogen and oxygen atoms in total. The van der Waals surface area contributed by atoms with E-state index in [9.17, 15) is 0 Å². The molecule has 0 aromatic carbocycles. The number of nitrogens with zero attached hydrogens (tertiary/aromatic N) is 3. The van der Waals surface area contributed by atoms with Crippen LogP contribution >= 0.6 is 11.3 Å². The Hall–Kier alpha value is -1.92. The molecule has 3 aromatic heterocycles. The Morgan fingerprint density at radius 1 is 1.23 bits per heavy atom. The van der Waals surface area contributed by atoms with Crippen molar-refractivity contribution in [2.24, 2.45) is 0 Å². The highest BCUT2D eigenvalue weighted by molar-refractivity contribution is 7.13. The molecule has 3 rings (SSSR count). The third-order valence-electron chi connectivity index (χ3n) is 5.03. The Kier molecular flexibility index (Phi) is 6.27. The Morgan fingerprint density at radius 3 is 2.69 bits per heavy atom. The topological polar surface area (TPSA) is 46.7 Å². The first-order chi connectivity index (χ1) is 12.7. The van der Waals surface area contributed by atoms with Gasteiger partial charge in [0.25, 0.3) is 0 Å². The van der Waals surface area contributed by atoms with E-state index in [0.717, 1.165) is 42.2 Å². The van der Waals surface area contributed by atoms with E-state index in [-0.39, 0.29) is 0 Å². The average molecular weight is 373 g/mol. The summed E-state index contributed by atoms with van der Waals surface area (Å²) in [6, 6.07) is 6.26. The molecule has 0 aliphatic heterocycles. The van der Waals surface area contributed by atoms with Gasteiger partial charge in [-0.3, -0.25) is 0 Å². The number of hydrogen-bond donors (Lipinski definition) is 2. The minimum absolute atomic E-state index is 0.917. The molecule has 0 amide bonds. The maximum Gasteiger partial charge on any atom is 0.158 e. The summed E-state index contributed by atoms with van der Waals surface area (Å²) in [5, 5.41) is 10.6. The molecule has 140 valence electrons. The lowest BCUT2D eigenvalue weighted by atomic mass is 10.1. The zero-order valence-corrected chi connectivity index (χ0v) is 17.1. The predicted molar refractivity (Wildman–Crippen MR) is 110 cm³/mol. The van der Waals surface area contributed by atoms with Crippen LogP contribution in [0.1, 0.15) is 38.4 Å². The second-order valence-electron chi connectivity index (χ2n) is 6.64. The van der Waals surface area contributed by atoms with E-state index in [1.54, 1.807) is 16.2 Å². The van der Waals surface area contributed by atoms with Crippen LogP contribution in [0.3, 0.4) is 0 Å². The van der Waals surface area contributed by atoms with E-state index in [1.807, 2.05) is 4.52 Å². The second kappa shape index (κ2) is 8.64. The first kappa shape index (κ1) is 18.9. The number of quaternary nitrogens is 1. The highest BCUT2D eigenvalue weighted by Crippen LogP contribution is 2.27. The molecule has 0 aliphatic carbocycles. The number of aryl methyl sites for hydroxylation is 1. The summed E-state index contributed by atoms with van der Waals surface area (Å²) in [6.07, 6.45) is 2.11. The fourth-order valence-electron chi connectivity index (χ4n) is 3.45. The summed E-state index contributed by atoms with van der Waals surface area (Å²) < 4.78 is 1.99. The third-order valence-corrected chi connectivity index (χ3v) is 5.93. The van der Waals surface area contributed by atoms with E-state index < -0.39 is 0 Å². The first-order valence-electron chi connectivity index (χ1n) is 9.68. The molecule has 0 spiro atoms. The number of hydrogen-bond acceptors (Lipinski definition) is 4. The third kappa shape index (κ3) is 3.91. The van der Waals surface area contributed by atoms with Crippen molar-refractivity contribution in [2.75, 3.05) is 31.5 Å². The van der Waals surface area contributed by atoms with Crippen molar-refractivity contribution in [1.29, 1.82) is 0 Å². The molecule has 0 saturated heterocycles. The van der Waals surface area contributed by atoms with Gasteiger partial charge in [0.2, 0.25) is 0 Å². The summed E-state index contributed by atoms with van der Waals surface area (Å²) in [6.45, 7) is 13.3. The van der Waals surface area contributed by atoms with Gasteiger partial charge < -0.3 is 10.2 Å². The fraction of sp³-hybridized carbons (Fsp3) is 0.500. The van der Waals surface area contributed by atoms with Crippen molar-refractivity contribution in [2.45, 2.75) is 40.5 Å². The maximum absolute atomic E-state index is 4.85. The van der Waals surface area contributed by atoms with E-state index in [4.69, 9.17) is 10.1 Å². The molecule has 26 heavy (non-hydrogen) atoms. The van der Waals surface area contributed by atoms with E-state index in [0.29, 0.717) is 0 Å². The SMILES string of the molecule is CCc1c(C)nc2cc(-c3cccs3)nn2c1NCCC[NH+](CC)CC. The van der Waals surface area contributed by atoms with Crippen LogP contribution in [0.5, 0.6) is 0 Å². The average Bonchev–Trinajstić information content (AvgIpc) is 3.30. The van der Waals surface area contributed by atoms with Crippen LogP contribution in [0.2, 0.25) is 0 Å². The van der Waals surface area contributed by atoms with Crippen molar-refractivity contribution < 1.29 is 4.90 Å². The van der Waals surface area contributed by atoms with Crippen molar-refractivity contribution in [3.05, 3.63) is 34.8 Å². The number of thiophene rings is 1. The van der Waals surface area contributed by atoms with Gasteiger partial charge in [0, 0.05) is 30.3 Å². The van der Waals surface area contributed by atoms with Gasteiger partial charge in [-0.15, -0.1) is 11.3 Å². The van der Waals surface area contributed by atoms with Gasteiger partial charge in [0.15, 0.2) is 5.65 Å². The molecule has 6 heteroatoms. The highest BCUT2D eigenvalue weighted by Gasteiger charge is 2.15. The van der Waals surface area contributed by atoms with E-state index >= 15 is 0 Å². The summed E-state index contributed by atoms with van der Waals surface area (Å²) in [7, 11) is 0. The molecule has 0 saturated carbocycles. The Labute approximate surface area is 160 Å². The fourth-order valence-corrected chi connectivity index (χ4v) is 4.13. The molecule has 0 bridgehead atoms. The lowest BCUT2D eigenvalue weighted by Gasteiger charge is -2.17. The second-order valence-corrected chi connectivity index (χ2v) is 7.59. The number of rotatable bonds is 9. The number of fused-ring (bicyclic) bond motifs is 1. The summed E-state index contributed by atoms with van der Waals surface area (Å²) in [5.41, 5.74) is 4.26. The van der Waals surface area contributed by atoms with Gasteiger partial charge in [0.05, 0.1) is 24.5 Å². The van der Waals surface area contributed by atoms with Gasteiger partial charge >= 0.3 is 0 Å². The summed E-state index contributed by atoms with van der Waals surface area (Å²) in [5.74, 6) is 1.10. The zero-order valence-electron chi connectivity index (χ0n) is 16.3. The van der Waals surface area contributed by atoms with Crippen LogP contribution in [0.4, 0.5) is 5.82 Å². The van der Waals surface area contributed by atoms with Crippen molar-refractivity contribution in [1.82, 2.24) is 14.6 Å². The Morgan fingerprint density at radius 2 is 2.04 bits per heavy atom. The van der Waals surface area contributed by atoms with Crippen LogP contribution in [-0.2, 0) is 6.42 Å². The quantitative estimate of drug-likeness (QED) is 0.568. The van der Waals surface area contributed by atoms with Crippen molar-refractivity contribution in [3.63, 3.8) is 0 Å². The monoisotopic (exact) mass is 372 g/mol. The minimum atomic E-state index is 0.917. The smallest absolute Gasteiger partial charge is 0.158 e. The standard InChI is InChI=1S/C20H29N5S/c1-5-16-15(4)22-19-14-17(18-10-8-13-26-18)23-25(19)20(16)21-11-9-12-24(6-2)7-3/h8,10,13-14,21H,5-7,9,11-12H2,1-4H3/p+1. The molecular formula is C20H30N5S+. The lowest BCUT2D eigenvalue weighted by Crippen LogP contribution is -3.11. The predicted octanol–water partition coefficient (Wildman–Crippen LogP) is 3.06. The summed E-state index contributed by atoms with van der Waals surface area (Å²) >= 11 is 1.71. The van der Waals surface area contributed by atoms with Crippen LogP contribution < -0.4 is 10.2 Å². The molecular weight excluding hydrogens is 342 g/mol. The maximum atomic E-state index is 4.85.